The third-order valence-electron chi connectivity index (χ3n) is 4.87. The molecule has 0 aromatic carbocycles. The average Bonchev–Trinajstić information content (AvgIpc) is 2.69. The SMILES string of the molecule is COC(=O)c1cccnc1N1CCN(Cc2cccc(C)n2)[C@H](CCO)C1. The van der Waals surface area contributed by atoms with Gasteiger partial charge in [-0.05, 0) is 37.6 Å². The Morgan fingerprint density at radius 1 is 1.30 bits per heavy atom. The molecule has 1 aliphatic heterocycles. The molecular formula is C20H26N4O3. The van der Waals surface area contributed by atoms with Gasteiger partial charge in [0.2, 0.25) is 0 Å². The number of pyridine rings is 2. The van der Waals surface area contributed by atoms with E-state index in [-0.39, 0.29) is 18.6 Å². The number of nitrogens with zero attached hydrogens (tertiary/aromatic N) is 4. The Bertz CT molecular complexity index is 783. The second kappa shape index (κ2) is 8.92. The van der Waals surface area contributed by atoms with Crippen LogP contribution in [0.1, 0.15) is 28.2 Å². The number of hydrogen-bond donors (Lipinski definition) is 1. The fourth-order valence-corrected chi connectivity index (χ4v) is 3.53. The lowest BCUT2D eigenvalue weighted by atomic mass is 10.1. The number of aliphatic hydroxyl groups excluding tert-OH is 1. The first kappa shape index (κ1) is 19.3. The van der Waals surface area contributed by atoms with Gasteiger partial charge >= 0.3 is 5.97 Å². The molecule has 7 heteroatoms. The number of hydrogen-bond acceptors (Lipinski definition) is 7. The fourth-order valence-electron chi connectivity index (χ4n) is 3.53. The normalized spacial score (nSPS) is 17.7. The van der Waals surface area contributed by atoms with Crippen LogP contribution in [0, 0.1) is 6.92 Å². The number of esters is 1. The summed E-state index contributed by atoms with van der Waals surface area (Å²) in [5.74, 6) is 0.254. The number of anilines is 1. The number of methoxy groups -OCH3 is 1. The molecule has 0 unspecified atom stereocenters. The standard InChI is InChI=1S/C20H26N4O3/c1-15-5-3-6-16(22-15)13-23-10-11-24(14-17(23)8-12-25)19-18(20(26)27-2)7-4-9-21-19/h3-7,9,17,25H,8,10-14H2,1-2H3/t17-/m1/s1. The number of carbonyl (C=O) groups excluding carboxylic acids is 1. The maximum atomic E-state index is 12.1. The van der Waals surface area contributed by atoms with Crippen LogP contribution in [0.15, 0.2) is 36.5 Å². The molecule has 0 saturated carbocycles. The van der Waals surface area contributed by atoms with Crippen molar-refractivity contribution < 1.29 is 14.6 Å². The summed E-state index contributed by atoms with van der Waals surface area (Å²) in [6, 6.07) is 9.66. The van der Waals surface area contributed by atoms with Crippen molar-refractivity contribution in [3.05, 3.63) is 53.5 Å². The van der Waals surface area contributed by atoms with Gasteiger partial charge in [0.25, 0.3) is 0 Å². The minimum Gasteiger partial charge on any atom is -0.465 e. The van der Waals surface area contributed by atoms with E-state index >= 15 is 0 Å². The highest BCUT2D eigenvalue weighted by atomic mass is 16.5. The van der Waals surface area contributed by atoms with Crippen LogP contribution in [-0.2, 0) is 11.3 Å². The van der Waals surface area contributed by atoms with Crippen LogP contribution >= 0.6 is 0 Å². The average molecular weight is 370 g/mol. The van der Waals surface area contributed by atoms with Crippen molar-refractivity contribution in [2.45, 2.75) is 25.9 Å². The highest BCUT2D eigenvalue weighted by molar-refractivity contribution is 5.94. The van der Waals surface area contributed by atoms with Gasteiger partial charge in [-0.3, -0.25) is 9.88 Å². The molecule has 3 heterocycles. The lowest BCUT2D eigenvalue weighted by molar-refractivity contribution is 0.0600. The van der Waals surface area contributed by atoms with Crippen molar-refractivity contribution in [3.63, 3.8) is 0 Å². The Kier molecular flexibility index (Phi) is 6.36. The fraction of sp³-hybridized carbons (Fsp3) is 0.450. The molecule has 2 aromatic rings. The lowest BCUT2D eigenvalue weighted by Crippen LogP contribution is -2.53. The minimum atomic E-state index is -0.386. The number of rotatable bonds is 6. The van der Waals surface area contributed by atoms with E-state index in [1.165, 1.54) is 7.11 Å². The van der Waals surface area contributed by atoms with Crippen molar-refractivity contribution in [1.29, 1.82) is 0 Å². The zero-order chi connectivity index (χ0) is 19.2. The van der Waals surface area contributed by atoms with Crippen LogP contribution in [0.3, 0.4) is 0 Å². The van der Waals surface area contributed by atoms with E-state index in [1.807, 2.05) is 25.1 Å². The summed E-state index contributed by atoms with van der Waals surface area (Å²) in [6.45, 7) is 5.08. The first-order chi connectivity index (χ1) is 13.1. The molecule has 1 aliphatic rings. The van der Waals surface area contributed by atoms with Crippen molar-refractivity contribution in [2.75, 3.05) is 38.3 Å². The van der Waals surface area contributed by atoms with Crippen LogP contribution in [0.5, 0.6) is 0 Å². The third-order valence-corrected chi connectivity index (χ3v) is 4.87. The summed E-state index contributed by atoms with van der Waals surface area (Å²) in [7, 11) is 1.38. The Morgan fingerprint density at radius 2 is 2.15 bits per heavy atom. The van der Waals surface area contributed by atoms with Gasteiger partial charge in [0, 0.05) is 50.7 Å². The van der Waals surface area contributed by atoms with Crippen molar-refractivity contribution in [2.24, 2.45) is 0 Å². The zero-order valence-electron chi connectivity index (χ0n) is 15.8. The molecule has 2 aromatic heterocycles. The Hall–Kier alpha value is -2.51. The number of aromatic nitrogens is 2. The van der Waals surface area contributed by atoms with Gasteiger partial charge < -0.3 is 14.7 Å². The van der Waals surface area contributed by atoms with Crippen LogP contribution in [0.2, 0.25) is 0 Å². The van der Waals surface area contributed by atoms with E-state index in [2.05, 4.69) is 19.8 Å². The quantitative estimate of drug-likeness (QED) is 0.775. The number of aryl methyl sites for hydroxylation is 1. The first-order valence-corrected chi connectivity index (χ1v) is 9.18. The number of piperazine rings is 1. The highest BCUT2D eigenvalue weighted by Gasteiger charge is 2.29. The lowest BCUT2D eigenvalue weighted by Gasteiger charge is -2.42. The number of ether oxygens (including phenoxy) is 1. The molecule has 1 N–H and O–H groups in total. The molecule has 1 atom stereocenters. The van der Waals surface area contributed by atoms with Crippen molar-refractivity contribution in [1.82, 2.24) is 14.9 Å². The molecule has 0 radical (unpaired) electrons. The Balaban J connectivity index is 1.77. The second-order valence-corrected chi connectivity index (χ2v) is 6.72. The molecule has 27 heavy (non-hydrogen) atoms. The van der Waals surface area contributed by atoms with E-state index in [9.17, 15) is 9.90 Å². The smallest absolute Gasteiger partial charge is 0.341 e. The number of carbonyl (C=O) groups is 1. The molecule has 3 rings (SSSR count). The maximum Gasteiger partial charge on any atom is 0.341 e. The van der Waals surface area contributed by atoms with Crippen LogP contribution < -0.4 is 4.90 Å². The van der Waals surface area contributed by atoms with Crippen molar-refractivity contribution in [3.8, 4) is 0 Å². The van der Waals surface area contributed by atoms with Gasteiger partial charge in [0.05, 0.1) is 12.8 Å². The molecule has 1 fully saturated rings. The van der Waals surface area contributed by atoms with Crippen LogP contribution in [0.25, 0.3) is 0 Å². The molecule has 0 aliphatic carbocycles. The molecule has 7 nitrogen and oxygen atoms in total. The van der Waals surface area contributed by atoms with E-state index in [1.54, 1.807) is 18.3 Å². The highest BCUT2D eigenvalue weighted by Crippen LogP contribution is 2.24. The molecule has 0 bridgehead atoms. The van der Waals surface area contributed by atoms with Crippen molar-refractivity contribution >= 4 is 11.8 Å². The second-order valence-electron chi connectivity index (χ2n) is 6.72. The Labute approximate surface area is 159 Å². The third kappa shape index (κ3) is 4.61. The monoisotopic (exact) mass is 370 g/mol. The summed E-state index contributed by atoms with van der Waals surface area (Å²) < 4.78 is 4.89. The summed E-state index contributed by atoms with van der Waals surface area (Å²) in [4.78, 5) is 25.5. The van der Waals surface area contributed by atoms with E-state index in [4.69, 9.17) is 4.74 Å². The van der Waals surface area contributed by atoms with Gasteiger partial charge in [0.15, 0.2) is 0 Å². The van der Waals surface area contributed by atoms with Crippen LogP contribution in [-0.4, -0.2) is 65.3 Å². The summed E-state index contributed by atoms with van der Waals surface area (Å²) in [5.41, 5.74) is 2.50. The maximum absolute atomic E-state index is 12.1. The largest absolute Gasteiger partial charge is 0.465 e. The molecule has 0 amide bonds. The van der Waals surface area contributed by atoms with Gasteiger partial charge in [-0.25, -0.2) is 9.78 Å². The molecular weight excluding hydrogens is 344 g/mol. The first-order valence-electron chi connectivity index (χ1n) is 9.18. The van der Waals surface area contributed by atoms with Gasteiger partial charge in [0.1, 0.15) is 11.4 Å². The predicted molar refractivity (Wildman–Crippen MR) is 103 cm³/mol. The van der Waals surface area contributed by atoms with E-state index in [0.717, 1.165) is 31.0 Å². The van der Waals surface area contributed by atoms with Gasteiger partial charge in [-0.1, -0.05) is 6.07 Å². The Morgan fingerprint density at radius 3 is 2.89 bits per heavy atom. The topological polar surface area (TPSA) is 78.8 Å². The zero-order valence-corrected chi connectivity index (χ0v) is 15.8. The van der Waals surface area contributed by atoms with Gasteiger partial charge in [-0.2, -0.15) is 0 Å². The minimum absolute atomic E-state index is 0.113. The molecule has 144 valence electrons. The predicted octanol–water partition coefficient (Wildman–Crippen LogP) is 1.64. The van der Waals surface area contributed by atoms with E-state index < -0.39 is 0 Å². The summed E-state index contributed by atoms with van der Waals surface area (Å²) in [5, 5.41) is 9.53. The van der Waals surface area contributed by atoms with E-state index in [0.29, 0.717) is 24.3 Å². The summed E-state index contributed by atoms with van der Waals surface area (Å²) >= 11 is 0. The van der Waals surface area contributed by atoms with Crippen LogP contribution in [0.4, 0.5) is 5.82 Å². The molecule has 0 spiro atoms. The summed E-state index contributed by atoms with van der Waals surface area (Å²) in [6.07, 6.45) is 2.34. The molecule has 1 saturated heterocycles. The number of aliphatic hydroxyl groups is 1. The van der Waals surface area contributed by atoms with Gasteiger partial charge in [-0.15, -0.1) is 0 Å².